The largest absolute Gasteiger partial charge is 0.364 e. The average molecular weight is 253 g/mol. The Morgan fingerprint density at radius 1 is 1.56 bits per heavy atom. The van der Waals surface area contributed by atoms with Crippen molar-refractivity contribution in [1.82, 2.24) is 5.32 Å². The molecule has 0 aliphatic carbocycles. The minimum absolute atomic E-state index is 0.160. The number of nitrogens with zero attached hydrogens (tertiary/aromatic N) is 2. The lowest BCUT2D eigenvalue weighted by molar-refractivity contribution is -0.384. The average Bonchev–Trinajstić information content (AvgIpc) is 2.38. The van der Waals surface area contributed by atoms with Crippen molar-refractivity contribution >= 4 is 11.4 Å². The van der Waals surface area contributed by atoms with Gasteiger partial charge in [-0.2, -0.15) is 0 Å². The highest BCUT2D eigenvalue weighted by Crippen LogP contribution is 2.30. The molecular formula is C12H16FN3O2. The number of hydrogen-bond donors (Lipinski definition) is 1. The molecule has 1 heterocycles. The summed E-state index contributed by atoms with van der Waals surface area (Å²) in [7, 11) is 1.88. The molecule has 1 saturated heterocycles. The molecule has 6 heteroatoms. The zero-order valence-electron chi connectivity index (χ0n) is 10.2. The molecule has 5 nitrogen and oxygen atoms in total. The summed E-state index contributed by atoms with van der Waals surface area (Å²) in [4.78, 5) is 12.4. The lowest BCUT2D eigenvalue weighted by Gasteiger charge is -2.33. The van der Waals surface area contributed by atoms with E-state index >= 15 is 0 Å². The number of anilines is 1. The topological polar surface area (TPSA) is 58.4 Å². The lowest BCUT2D eigenvalue weighted by atomic mass is 10.0. The van der Waals surface area contributed by atoms with Crippen LogP contribution >= 0.6 is 0 Å². The minimum Gasteiger partial charge on any atom is -0.364 e. The first-order valence-corrected chi connectivity index (χ1v) is 5.98. The molecule has 1 aromatic rings. The molecule has 1 atom stereocenters. The van der Waals surface area contributed by atoms with Crippen LogP contribution in [0.1, 0.15) is 12.8 Å². The predicted molar refractivity (Wildman–Crippen MR) is 67.3 cm³/mol. The molecule has 0 bridgehead atoms. The van der Waals surface area contributed by atoms with Crippen molar-refractivity contribution in [2.45, 2.75) is 18.9 Å². The van der Waals surface area contributed by atoms with E-state index in [0.717, 1.165) is 25.5 Å². The first-order chi connectivity index (χ1) is 8.61. The van der Waals surface area contributed by atoms with E-state index in [1.807, 2.05) is 11.9 Å². The van der Waals surface area contributed by atoms with Gasteiger partial charge >= 0.3 is 0 Å². The third kappa shape index (κ3) is 2.59. The lowest BCUT2D eigenvalue weighted by Crippen LogP contribution is -2.44. The third-order valence-corrected chi connectivity index (χ3v) is 3.30. The molecule has 0 aromatic heterocycles. The minimum atomic E-state index is -0.576. The van der Waals surface area contributed by atoms with E-state index in [9.17, 15) is 14.5 Å². The van der Waals surface area contributed by atoms with Gasteiger partial charge in [0.05, 0.1) is 11.0 Å². The van der Waals surface area contributed by atoms with Crippen LogP contribution in [0.4, 0.5) is 15.8 Å². The molecule has 1 fully saturated rings. The molecule has 0 radical (unpaired) electrons. The number of halogens is 1. The summed E-state index contributed by atoms with van der Waals surface area (Å²) in [5.41, 5.74) is 0.341. The van der Waals surface area contributed by atoms with Gasteiger partial charge in [0.15, 0.2) is 0 Å². The van der Waals surface area contributed by atoms with Gasteiger partial charge < -0.3 is 10.2 Å². The zero-order chi connectivity index (χ0) is 13.1. The van der Waals surface area contributed by atoms with Crippen LogP contribution in [0.5, 0.6) is 0 Å². The van der Waals surface area contributed by atoms with E-state index in [2.05, 4.69) is 5.32 Å². The van der Waals surface area contributed by atoms with Gasteiger partial charge in [-0.25, -0.2) is 4.39 Å². The van der Waals surface area contributed by atoms with E-state index in [-0.39, 0.29) is 5.69 Å². The molecular weight excluding hydrogens is 237 g/mol. The smallest absolute Gasteiger partial charge is 0.295 e. The molecule has 98 valence electrons. The maximum absolute atomic E-state index is 13.1. The van der Waals surface area contributed by atoms with Crippen molar-refractivity contribution in [2.24, 2.45) is 0 Å². The summed E-state index contributed by atoms with van der Waals surface area (Å²) in [6, 6.07) is 4.07. The highest BCUT2D eigenvalue weighted by atomic mass is 19.1. The predicted octanol–water partition coefficient (Wildman–Crippen LogP) is 1.92. The number of piperidine rings is 1. The molecule has 1 unspecified atom stereocenters. The van der Waals surface area contributed by atoms with E-state index in [0.29, 0.717) is 18.3 Å². The molecule has 1 aromatic carbocycles. The maximum atomic E-state index is 13.1. The van der Waals surface area contributed by atoms with Crippen LogP contribution < -0.4 is 10.2 Å². The number of hydrogen-bond acceptors (Lipinski definition) is 4. The van der Waals surface area contributed by atoms with Crippen LogP contribution in [0.15, 0.2) is 18.2 Å². The second-order valence-corrected chi connectivity index (χ2v) is 4.46. The Bertz CT molecular complexity index is 453. The standard InChI is InChI=1S/C12H16FN3O2/c1-14-10-3-2-6-15(8-10)11-5-4-9(13)7-12(11)16(17)18/h4-5,7,10,14H,2-3,6,8H2,1H3. The molecule has 18 heavy (non-hydrogen) atoms. The van der Waals surface area contributed by atoms with Gasteiger partial charge in [0.2, 0.25) is 0 Å². The fourth-order valence-electron chi connectivity index (χ4n) is 2.34. The first-order valence-electron chi connectivity index (χ1n) is 5.98. The Morgan fingerprint density at radius 3 is 3.00 bits per heavy atom. The second-order valence-electron chi connectivity index (χ2n) is 4.46. The number of nitrogens with one attached hydrogen (secondary N) is 1. The Morgan fingerprint density at radius 2 is 2.33 bits per heavy atom. The Balaban J connectivity index is 2.29. The van der Waals surface area contributed by atoms with E-state index in [1.54, 1.807) is 0 Å². The van der Waals surface area contributed by atoms with Crippen molar-refractivity contribution in [1.29, 1.82) is 0 Å². The number of nitro benzene ring substituents is 1. The first kappa shape index (κ1) is 12.8. The van der Waals surface area contributed by atoms with Gasteiger partial charge in [0.1, 0.15) is 11.5 Å². The van der Waals surface area contributed by atoms with Crippen molar-refractivity contribution in [3.05, 3.63) is 34.1 Å². The van der Waals surface area contributed by atoms with Gasteiger partial charge in [-0.15, -0.1) is 0 Å². The molecule has 1 N–H and O–H groups in total. The van der Waals surface area contributed by atoms with Gasteiger partial charge in [-0.3, -0.25) is 10.1 Å². The SMILES string of the molecule is CNC1CCCN(c2ccc(F)cc2[N+](=O)[O-])C1. The van der Waals surface area contributed by atoms with Crippen LogP contribution in [0, 0.1) is 15.9 Å². The summed E-state index contributed by atoms with van der Waals surface area (Å²) >= 11 is 0. The van der Waals surface area contributed by atoms with Crippen LogP contribution in [-0.4, -0.2) is 31.1 Å². The molecule has 0 saturated carbocycles. The fourth-order valence-corrected chi connectivity index (χ4v) is 2.34. The summed E-state index contributed by atoms with van der Waals surface area (Å²) in [6.45, 7) is 1.48. The van der Waals surface area contributed by atoms with Crippen LogP contribution in [0.3, 0.4) is 0 Å². The maximum Gasteiger partial charge on any atom is 0.295 e. The summed E-state index contributed by atoms with van der Waals surface area (Å²) in [5.74, 6) is -0.576. The van der Waals surface area contributed by atoms with Gasteiger partial charge in [-0.05, 0) is 32.0 Å². The van der Waals surface area contributed by atoms with Crippen LogP contribution in [0.25, 0.3) is 0 Å². The molecule has 1 aliphatic rings. The number of rotatable bonds is 3. The quantitative estimate of drug-likeness (QED) is 0.660. The second kappa shape index (κ2) is 5.30. The highest BCUT2D eigenvalue weighted by molar-refractivity contribution is 5.63. The van der Waals surface area contributed by atoms with Crippen molar-refractivity contribution in [2.75, 3.05) is 25.0 Å². The fraction of sp³-hybridized carbons (Fsp3) is 0.500. The van der Waals surface area contributed by atoms with Gasteiger partial charge in [0.25, 0.3) is 5.69 Å². The monoisotopic (exact) mass is 253 g/mol. The Hall–Kier alpha value is -1.69. The third-order valence-electron chi connectivity index (χ3n) is 3.30. The van der Waals surface area contributed by atoms with Crippen LogP contribution in [-0.2, 0) is 0 Å². The Kier molecular flexibility index (Phi) is 3.76. The Labute approximate surface area is 105 Å². The summed E-state index contributed by atoms with van der Waals surface area (Å²) in [6.07, 6.45) is 2.03. The number of benzene rings is 1. The summed E-state index contributed by atoms with van der Waals surface area (Å²) in [5, 5.41) is 14.1. The van der Waals surface area contributed by atoms with Crippen molar-refractivity contribution in [3.8, 4) is 0 Å². The van der Waals surface area contributed by atoms with Crippen molar-refractivity contribution < 1.29 is 9.31 Å². The molecule has 1 aliphatic heterocycles. The van der Waals surface area contributed by atoms with E-state index in [4.69, 9.17) is 0 Å². The number of likely N-dealkylation sites (N-methyl/N-ethyl adjacent to an activating group) is 1. The number of nitro groups is 1. The summed E-state index contributed by atoms with van der Waals surface area (Å²) < 4.78 is 13.1. The van der Waals surface area contributed by atoms with E-state index < -0.39 is 10.7 Å². The van der Waals surface area contributed by atoms with E-state index in [1.165, 1.54) is 12.1 Å². The molecule has 0 spiro atoms. The highest BCUT2D eigenvalue weighted by Gasteiger charge is 2.25. The van der Waals surface area contributed by atoms with Gasteiger partial charge in [-0.1, -0.05) is 0 Å². The molecule has 2 rings (SSSR count). The zero-order valence-corrected chi connectivity index (χ0v) is 10.2. The van der Waals surface area contributed by atoms with Crippen molar-refractivity contribution in [3.63, 3.8) is 0 Å². The normalized spacial score (nSPS) is 19.9. The van der Waals surface area contributed by atoms with Crippen LogP contribution in [0.2, 0.25) is 0 Å². The molecule has 0 amide bonds. The van der Waals surface area contributed by atoms with Gasteiger partial charge in [0, 0.05) is 19.1 Å².